The monoisotopic (exact) mass is 222 g/mol. The van der Waals surface area contributed by atoms with Crippen LogP contribution in [0.5, 0.6) is 5.75 Å². The van der Waals surface area contributed by atoms with Crippen molar-refractivity contribution in [3.8, 4) is 5.75 Å². The summed E-state index contributed by atoms with van der Waals surface area (Å²) in [5.41, 5.74) is 0.430. The minimum Gasteiger partial charge on any atom is -0.507 e. The molecule has 1 N–H and O–H groups in total. The Labute approximate surface area is 91.0 Å². The molecular weight excluding hydrogens is 216 g/mol. The van der Waals surface area contributed by atoms with Gasteiger partial charge in [-0.2, -0.15) is 0 Å². The normalized spacial score (nSPS) is 15.6. The molecule has 0 fully saturated rings. The lowest BCUT2D eigenvalue weighted by atomic mass is 9.89. The molecule has 0 bridgehead atoms. The van der Waals surface area contributed by atoms with Gasteiger partial charge in [-0.1, -0.05) is 23.7 Å². The van der Waals surface area contributed by atoms with Crippen molar-refractivity contribution in [2.24, 2.45) is 0 Å². The van der Waals surface area contributed by atoms with Crippen molar-refractivity contribution in [1.29, 1.82) is 0 Å². The number of carbonyl (C=O) groups is 2. The zero-order valence-electron chi connectivity index (χ0n) is 7.87. The molecule has 3 nitrogen and oxygen atoms in total. The Morgan fingerprint density at radius 2 is 1.87 bits per heavy atom. The van der Waals surface area contributed by atoms with E-state index in [1.54, 1.807) is 0 Å². The summed E-state index contributed by atoms with van der Waals surface area (Å²) in [6.45, 7) is 1.50. The van der Waals surface area contributed by atoms with Crippen LogP contribution in [0.25, 0.3) is 0 Å². The predicted molar refractivity (Wildman–Crippen MR) is 55.3 cm³/mol. The fourth-order valence-electron chi connectivity index (χ4n) is 1.55. The number of rotatable bonds is 0. The molecule has 1 aliphatic carbocycles. The Morgan fingerprint density at radius 1 is 1.20 bits per heavy atom. The van der Waals surface area contributed by atoms with Gasteiger partial charge in [-0.05, 0) is 13.0 Å². The fourth-order valence-corrected chi connectivity index (χ4v) is 1.73. The maximum absolute atomic E-state index is 11.7. The van der Waals surface area contributed by atoms with Crippen molar-refractivity contribution in [2.75, 3.05) is 0 Å². The fraction of sp³-hybridized carbons (Fsp3) is 0.0909. The van der Waals surface area contributed by atoms with Gasteiger partial charge in [-0.3, -0.25) is 9.59 Å². The number of phenols is 1. The average Bonchev–Trinajstić information content (AvgIpc) is 2.23. The summed E-state index contributed by atoms with van der Waals surface area (Å²) in [6.07, 6.45) is 0. The minimum atomic E-state index is -0.498. The molecule has 1 aromatic rings. The lowest BCUT2D eigenvalue weighted by Gasteiger charge is -2.15. The number of allylic oxidation sites excluding steroid dienone is 2. The highest BCUT2D eigenvalue weighted by Gasteiger charge is 2.30. The molecule has 0 atom stereocenters. The second-order valence-corrected chi connectivity index (χ2v) is 3.67. The summed E-state index contributed by atoms with van der Waals surface area (Å²) >= 11 is 5.71. The zero-order chi connectivity index (χ0) is 11.2. The van der Waals surface area contributed by atoms with Crippen LogP contribution < -0.4 is 0 Å². The molecule has 0 amide bonds. The third-order valence-corrected chi connectivity index (χ3v) is 2.84. The van der Waals surface area contributed by atoms with Crippen LogP contribution in [0.2, 0.25) is 0 Å². The van der Waals surface area contributed by atoms with Crippen molar-refractivity contribution >= 4 is 23.2 Å². The Kier molecular flexibility index (Phi) is 2.12. The number of hydrogen-bond donors (Lipinski definition) is 1. The molecule has 0 aromatic heterocycles. The molecule has 0 spiro atoms. The van der Waals surface area contributed by atoms with Crippen molar-refractivity contribution < 1.29 is 14.7 Å². The molecule has 0 aliphatic heterocycles. The molecule has 0 unspecified atom stereocenters. The van der Waals surface area contributed by atoms with Gasteiger partial charge in [0.25, 0.3) is 0 Å². The largest absolute Gasteiger partial charge is 0.507 e. The maximum atomic E-state index is 11.7. The summed E-state index contributed by atoms with van der Waals surface area (Å²) in [4.78, 5) is 23.4. The number of carbonyl (C=O) groups excluding carboxylic acids is 2. The van der Waals surface area contributed by atoms with Gasteiger partial charge in [-0.25, -0.2) is 0 Å². The van der Waals surface area contributed by atoms with E-state index in [1.165, 1.54) is 25.1 Å². The van der Waals surface area contributed by atoms with E-state index >= 15 is 0 Å². The van der Waals surface area contributed by atoms with Crippen LogP contribution in [0.1, 0.15) is 27.6 Å². The predicted octanol–water partition coefficient (Wildman–Crippen LogP) is 2.28. The second kappa shape index (κ2) is 3.21. The van der Waals surface area contributed by atoms with Crippen molar-refractivity contribution in [1.82, 2.24) is 0 Å². The summed E-state index contributed by atoms with van der Waals surface area (Å²) in [7, 11) is 0. The number of benzene rings is 1. The zero-order valence-corrected chi connectivity index (χ0v) is 8.63. The number of fused-ring (bicyclic) bond motifs is 1. The molecule has 4 heteroatoms. The van der Waals surface area contributed by atoms with Crippen LogP contribution in [0, 0.1) is 0 Å². The maximum Gasteiger partial charge on any atom is 0.209 e. The molecule has 0 heterocycles. The van der Waals surface area contributed by atoms with E-state index in [1.807, 2.05) is 0 Å². The molecule has 0 saturated heterocycles. The third kappa shape index (κ3) is 1.27. The van der Waals surface area contributed by atoms with Crippen LogP contribution in [-0.2, 0) is 0 Å². The van der Waals surface area contributed by atoms with Crippen LogP contribution in [-0.4, -0.2) is 16.7 Å². The lowest BCUT2D eigenvalue weighted by Crippen LogP contribution is -2.18. The van der Waals surface area contributed by atoms with Crippen LogP contribution in [0.4, 0.5) is 0 Å². The van der Waals surface area contributed by atoms with Gasteiger partial charge in [0.2, 0.25) is 5.78 Å². The highest BCUT2D eigenvalue weighted by atomic mass is 35.5. The minimum absolute atomic E-state index is 0.00176. The summed E-state index contributed by atoms with van der Waals surface area (Å²) in [5, 5.41) is 9.38. The standard InChI is InChI=1S/C11H7ClO3/c1-5-9(12)11(15)8-6(10(5)14)3-2-4-7(8)13/h2-4,13H,1H3. The lowest BCUT2D eigenvalue weighted by molar-refractivity contribution is 0.0978. The molecule has 15 heavy (non-hydrogen) atoms. The molecule has 0 radical (unpaired) electrons. The Hall–Kier alpha value is -1.61. The van der Waals surface area contributed by atoms with Gasteiger partial charge in [-0.15, -0.1) is 0 Å². The summed E-state index contributed by atoms with van der Waals surface area (Å²) < 4.78 is 0. The van der Waals surface area contributed by atoms with Gasteiger partial charge in [0.15, 0.2) is 5.78 Å². The molecule has 76 valence electrons. The first-order chi connectivity index (χ1) is 7.04. The van der Waals surface area contributed by atoms with E-state index in [9.17, 15) is 14.7 Å². The molecule has 1 aliphatic rings. The smallest absolute Gasteiger partial charge is 0.209 e. The Bertz CT molecular complexity index is 515. The first kappa shape index (κ1) is 9.93. The Balaban J connectivity index is 2.79. The molecule has 0 saturated carbocycles. The van der Waals surface area contributed by atoms with Gasteiger partial charge < -0.3 is 5.11 Å². The van der Waals surface area contributed by atoms with Crippen LogP contribution >= 0.6 is 11.6 Å². The number of ketones is 2. The third-order valence-electron chi connectivity index (χ3n) is 2.38. The van der Waals surface area contributed by atoms with Crippen molar-refractivity contribution in [3.63, 3.8) is 0 Å². The average molecular weight is 223 g/mol. The molecule has 2 rings (SSSR count). The summed E-state index contributed by atoms with van der Waals surface area (Å²) in [6, 6.07) is 4.38. The van der Waals surface area contributed by atoms with E-state index in [4.69, 9.17) is 11.6 Å². The van der Waals surface area contributed by atoms with Gasteiger partial charge >= 0.3 is 0 Å². The van der Waals surface area contributed by atoms with E-state index in [0.29, 0.717) is 0 Å². The van der Waals surface area contributed by atoms with Gasteiger partial charge in [0, 0.05) is 11.1 Å². The van der Waals surface area contributed by atoms with Crippen molar-refractivity contribution in [2.45, 2.75) is 6.92 Å². The van der Waals surface area contributed by atoms with E-state index in [0.717, 1.165) is 0 Å². The quantitative estimate of drug-likeness (QED) is 0.733. The van der Waals surface area contributed by atoms with Crippen LogP contribution in [0.15, 0.2) is 28.8 Å². The number of hydrogen-bond acceptors (Lipinski definition) is 3. The van der Waals surface area contributed by atoms with Crippen molar-refractivity contribution in [3.05, 3.63) is 39.9 Å². The molecule has 1 aromatic carbocycles. The first-order valence-corrected chi connectivity index (χ1v) is 4.69. The Morgan fingerprint density at radius 3 is 2.53 bits per heavy atom. The highest BCUT2D eigenvalue weighted by molar-refractivity contribution is 6.50. The van der Waals surface area contributed by atoms with Gasteiger partial charge in [0.1, 0.15) is 5.75 Å². The summed E-state index contributed by atoms with van der Waals surface area (Å²) in [5.74, 6) is -1.02. The van der Waals surface area contributed by atoms with E-state index < -0.39 is 5.78 Å². The number of aromatic hydroxyl groups is 1. The van der Waals surface area contributed by atoms with E-state index in [-0.39, 0.29) is 33.3 Å². The molecular formula is C11H7ClO3. The van der Waals surface area contributed by atoms with Gasteiger partial charge in [0.05, 0.1) is 10.6 Å². The van der Waals surface area contributed by atoms with E-state index in [2.05, 4.69) is 0 Å². The second-order valence-electron chi connectivity index (χ2n) is 3.30. The number of Topliss-reactive ketones (excluding diaryl/α,β-unsaturated/α-hetero) is 2. The first-order valence-electron chi connectivity index (χ1n) is 4.31. The number of halogens is 1. The van der Waals surface area contributed by atoms with Crippen LogP contribution in [0.3, 0.4) is 0 Å². The number of phenolic OH excluding ortho intramolecular Hbond substituents is 1. The highest BCUT2D eigenvalue weighted by Crippen LogP contribution is 2.32. The SMILES string of the molecule is CC1=C(Cl)C(=O)c2c(O)cccc2C1=O. The topological polar surface area (TPSA) is 54.4 Å².